The van der Waals surface area contributed by atoms with Gasteiger partial charge >= 0.3 is 0 Å². The summed E-state index contributed by atoms with van der Waals surface area (Å²) in [6, 6.07) is 3.92. The number of thiophene rings is 1. The third-order valence-electron chi connectivity index (χ3n) is 2.50. The van der Waals surface area contributed by atoms with Gasteiger partial charge in [0.2, 0.25) is 0 Å². The van der Waals surface area contributed by atoms with Crippen LogP contribution in [0.15, 0.2) is 26.6 Å². The van der Waals surface area contributed by atoms with Gasteiger partial charge in [-0.05, 0) is 47.5 Å². The van der Waals surface area contributed by atoms with Crippen molar-refractivity contribution in [2.45, 2.75) is 19.9 Å². The number of rotatable bonds is 2. The van der Waals surface area contributed by atoms with Gasteiger partial charge in [-0.25, -0.2) is 0 Å². The molecule has 80 valence electrons. The van der Waals surface area contributed by atoms with Crippen molar-refractivity contribution in [2.24, 2.45) is 5.73 Å². The predicted octanol–water partition coefficient (Wildman–Crippen LogP) is 3.77. The minimum atomic E-state index is -0.0914. The summed E-state index contributed by atoms with van der Waals surface area (Å²) in [6.07, 6.45) is 1.68. The third-order valence-corrected chi connectivity index (χ3v) is 4.06. The molecule has 4 heteroatoms. The van der Waals surface area contributed by atoms with Crippen molar-refractivity contribution in [1.82, 2.24) is 0 Å². The molecule has 2 aromatic rings. The SMILES string of the molecule is Cc1occc1C(N)c1cc(Br)sc1C. The molecule has 0 aliphatic heterocycles. The predicted molar refractivity (Wildman–Crippen MR) is 66.2 cm³/mol. The molecule has 2 aromatic heterocycles. The number of nitrogens with two attached hydrogens (primary N) is 1. The molecule has 0 amide bonds. The first-order valence-electron chi connectivity index (χ1n) is 4.65. The van der Waals surface area contributed by atoms with Crippen molar-refractivity contribution in [3.63, 3.8) is 0 Å². The Morgan fingerprint density at radius 1 is 1.40 bits per heavy atom. The van der Waals surface area contributed by atoms with E-state index >= 15 is 0 Å². The van der Waals surface area contributed by atoms with E-state index in [1.54, 1.807) is 17.6 Å². The molecule has 0 aliphatic carbocycles. The highest BCUT2D eigenvalue weighted by Gasteiger charge is 2.17. The molecule has 2 nitrogen and oxygen atoms in total. The van der Waals surface area contributed by atoms with Crippen LogP contribution in [0.3, 0.4) is 0 Å². The monoisotopic (exact) mass is 285 g/mol. The van der Waals surface area contributed by atoms with Crippen molar-refractivity contribution >= 4 is 27.3 Å². The highest BCUT2D eigenvalue weighted by Crippen LogP contribution is 2.33. The maximum Gasteiger partial charge on any atom is 0.105 e. The fraction of sp³-hybridized carbons (Fsp3) is 0.273. The summed E-state index contributed by atoms with van der Waals surface area (Å²) in [5.74, 6) is 0.893. The first-order chi connectivity index (χ1) is 7.09. The Morgan fingerprint density at radius 3 is 2.60 bits per heavy atom. The summed E-state index contributed by atoms with van der Waals surface area (Å²) < 4.78 is 6.38. The van der Waals surface area contributed by atoms with Crippen LogP contribution in [-0.4, -0.2) is 0 Å². The quantitative estimate of drug-likeness (QED) is 0.912. The molecular formula is C11H12BrNOS. The highest BCUT2D eigenvalue weighted by molar-refractivity contribution is 9.11. The largest absolute Gasteiger partial charge is 0.469 e. The van der Waals surface area contributed by atoms with Crippen LogP contribution in [0.2, 0.25) is 0 Å². The lowest BCUT2D eigenvalue weighted by atomic mass is 10.0. The third kappa shape index (κ3) is 2.02. The average molecular weight is 286 g/mol. The number of halogens is 1. The van der Waals surface area contributed by atoms with E-state index in [1.807, 2.05) is 13.0 Å². The van der Waals surface area contributed by atoms with E-state index in [9.17, 15) is 0 Å². The van der Waals surface area contributed by atoms with Gasteiger partial charge in [-0.2, -0.15) is 0 Å². The van der Waals surface area contributed by atoms with Crippen molar-refractivity contribution < 1.29 is 4.42 Å². The summed E-state index contributed by atoms with van der Waals surface area (Å²) in [4.78, 5) is 1.25. The first-order valence-corrected chi connectivity index (χ1v) is 6.26. The van der Waals surface area contributed by atoms with Crippen LogP contribution >= 0.6 is 27.3 Å². The summed E-state index contributed by atoms with van der Waals surface area (Å²) in [7, 11) is 0. The van der Waals surface area contributed by atoms with Gasteiger partial charge in [-0.3, -0.25) is 0 Å². The van der Waals surface area contributed by atoms with Gasteiger partial charge in [0, 0.05) is 10.4 Å². The zero-order valence-electron chi connectivity index (χ0n) is 8.58. The van der Waals surface area contributed by atoms with Crippen molar-refractivity contribution in [2.75, 3.05) is 0 Å². The van der Waals surface area contributed by atoms with Crippen LogP contribution in [0.4, 0.5) is 0 Å². The molecule has 0 radical (unpaired) electrons. The zero-order valence-corrected chi connectivity index (χ0v) is 11.0. The molecule has 0 aliphatic rings. The van der Waals surface area contributed by atoms with E-state index in [0.717, 1.165) is 20.7 Å². The Labute approximate surface area is 101 Å². The van der Waals surface area contributed by atoms with Gasteiger partial charge in [0.15, 0.2) is 0 Å². The van der Waals surface area contributed by atoms with Gasteiger partial charge in [0.05, 0.1) is 16.1 Å². The Balaban J connectivity index is 2.40. The lowest BCUT2D eigenvalue weighted by molar-refractivity contribution is 0.527. The van der Waals surface area contributed by atoms with Crippen LogP contribution in [0.5, 0.6) is 0 Å². The second-order valence-electron chi connectivity index (χ2n) is 3.47. The number of hydrogen-bond donors (Lipinski definition) is 1. The maximum atomic E-state index is 6.20. The summed E-state index contributed by atoms with van der Waals surface area (Å²) in [5.41, 5.74) is 8.42. The number of aryl methyl sites for hydroxylation is 2. The van der Waals surface area contributed by atoms with E-state index in [-0.39, 0.29) is 6.04 Å². The van der Waals surface area contributed by atoms with E-state index in [1.165, 1.54) is 4.88 Å². The molecular weight excluding hydrogens is 274 g/mol. The minimum Gasteiger partial charge on any atom is -0.469 e. The van der Waals surface area contributed by atoms with E-state index in [4.69, 9.17) is 10.2 Å². The van der Waals surface area contributed by atoms with Gasteiger partial charge in [0.25, 0.3) is 0 Å². The molecule has 0 aromatic carbocycles. The fourth-order valence-corrected chi connectivity index (χ4v) is 3.41. The molecule has 1 unspecified atom stereocenters. The highest BCUT2D eigenvalue weighted by atomic mass is 79.9. The molecule has 2 N–H and O–H groups in total. The number of furan rings is 1. The zero-order chi connectivity index (χ0) is 11.0. The summed E-state index contributed by atoms with van der Waals surface area (Å²) in [6.45, 7) is 4.02. The molecule has 0 saturated carbocycles. The van der Waals surface area contributed by atoms with E-state index < -0.39 is 0 Å². The van der Waals surface area contributed by atoms with Gasteiger partial charge < -0.3 is 10.2 Å². The van der Waals surface area contributed by atoms with Crippen LogP contribution in [0.1, 0.15) is 27.8 Å². The Bertz CT molecular complexity index is 475. The molecule has 0 spiro atoms. The van der Waals surface area contributed by atoms with Crippen molar-refractivity contribution in [1.29, 1.82) is 0 Å². The lowest BCUT2D eigenvalue weighted by Gasteiger charge is -2.10. The molecule has 0 fully saturated rings. The maximum absolute atomic E-state index is 6.20. The van der Waals surface area contributed by atoms with Crippen LogP contribution in [0, 0.1) is 13.8 Å². The molecule has 15 heavy (non-hydrogen) atoms. The Hall–Kier alpha value is -0.580. The van der Waals surface area contributed by atoms with Crippen LogP contribution in [0.25, 0.3) is 0 Å². The van der Waals surface area contributed by atoms with Gasteiger partial charge in [-0.15, -0.1) is 11.3 Å². The Kier molecular flexibility index (Phi) is 3.00. The second-order valence-corrected chi connectivity index (χ2v) is 6.11. The molecule has 1 atom stereocenters. The standard InChI is InChI=1S/C11H12BrNOS/c1-6-8(3-4-14-6)11(13)9-5-10(12)15-7(9)2/h3-5,11H,13H2,1-2H3. The molecule has 2 heterocycles. The van der Waals surface area contributed by atoms with E-state index in [2.05, 4.69) is 28.9 Å². The number of hydrogen-bond acceptors (Lipinski definition) is 3. The van der Waals surface area contributed by atoms with Gasteiger partial charge in [-0.1, -0.05) is 0 Å². The lowest BCUT2D eigenvalue weighted by Crippen LogP contribution is -2.12. The topological polar surface area (TPSA) is 39.2 Å². The summed E-state index contributed by atoms with van der Waals surface area (Å²) >= 11 is 5.18. The molecule has 0 saturated heterocycles. The smallest absolute Gasteiger partial charge is 0.105 e. The van der Waals surface area contributed by atoms with Gasteiger partial charge in [0.1, 0.15) is 5.76 Å². The second kappa shape index (κ2) is 4.12. The first kappa shape index (κ1) is 10.9. The fourth-order valence-electron chi connectivity index (χ4n) is 1.65. The van der Waals surface area contributed by atoms with Crippen molar-refractivity contribution in [3.8, 4) is 0 Å². The normalized spacial score (nSPS) is 13.1. The molecule has 0 bridgehead atoms. The van der Waals surface area contributed by atoms with Crippen molar-refractivity contribution in [3.05, 3.63) is 43.9 Å². The molecule has 2 rings (SSSR count). The summed E-state index contributed by atoms with van der Waals surface area (Å²) in [5, 5.41) is 0. The van der Waals surface area contributed by atoms with E-state index in [0.29, 0.717) is 0 Å². The van der Waals surface area contributed by atoms with Crippen LogP contribution < -0.4 is 5.73 Å². The van der Waals surface area contributed by atoms with Crippen LogP contribution in [-0.2, 0) is 0 Å². The minimum absolute atomic E-state index is 0.0914. The Morgan fingerprint density at radius 2 is 2.13 bits per heavy atom. The average Bonchev–Trinajstić information content (AvgIpc) is 2.71.